The van der Waals surface area contributed by atoms with Gasteiger partial charge in [-0.3, -0.25) is 10.1 Å². The molecule has 1 saturated heterocycles. The van der Waals surface area contributed by atoms with Crippen molar-refractivity contribution in [1.82, 2.24) is 0 Å². The number of ether oxygens (including phenoxy) is 2. The van der Waals surface area contributed by atoms with Gasteiger partial charge in [0.15, 0.2) is 0 Å². The number of nitrogens with one attached hydrogen (secondary N) is 1. The highest BCUT2D eigenvalue weighted by Gasteiger charge is 2.56. The summed E-state index contributed by atoms with van der Waals surface area (Å²) in [5.41, 5.74) is 0.431. The molecule has 2 fully saturated rings. The van der Waals surface area contributed by atoms with Crippen molar-refractivity contribution in [3.8, 4) is 5.75 Å². The summed E-state index contributed by atoms with van der Waals surface area (Å²) in [5, 5.41) is 24.1. The van der Waals surface area contributed by atoms with E-state index in [1.807, 2.05) is 0 Å². The van der Waals surface area contributed by atoms with Crippen molar-refractivity contribution in [2.24, 2.45) is 0 Å². The third kappa shape index (κ3) is 1.82. The highest BCUT2D eigenvalue weighted by Crippen LogP contribution is 2.48. The maximum atomic E-state index is 11.4. The van der Waals surface area contributed by atoms with E-state index >= 15 is 0 Å². The van der Waals surface area contributed by atoms with E-state index in [-0.39, 0.29) is 28.9 Å². The molecular formula is C15H18N2O5. The van der Waals surface area contributed by atoms with Crippen LogP contribution in [0.2, 0.25) is 0 Å². The second-order valence-corrected chi connectivity index (χ2v) is 6.74. The molecule has 2 aliphatic heterocycles. The summed E-state index contributed by atoms with van der Waals surface area (Å²) in [4.78, 5) is 11.0. The number of nitrogens with zero attached hydrogens (tertiary/aromatic N) is 1. The quantitative estimate of drug-likeness (QED) is 0.648. The van der Waals surface area contributed by atoms with Gasteiger partial charge in [0.05, 0.1) is 29.8 Å². The predicted molar refractivity (Wildman–Crippen MR) is 78.2 cm³/mol. The smallest absolute Gasteiger partial charge is 0.292 e. The van der Waals surface area contributed by atoms with E-state index in [9.17, 15) is 15.2 Å². The van der Waals surface area contributed by atoms with Gasteiger partial charge in [-0.2, -0.15) is 0 Å². The molecule has 118 valence electrons. The molecule has 0 amide bonds. The first kappa shape index (κ1) is 13.8. The van der Waals surface area contributed by atoms with E-state index in [4.69, 9.17) is 9.47 Å². The number of aliphatic hydroxyl groups is 1. The molecule has 1 aromatic carbocycles. The number of anilines is 1. The maximum absolute atomic E-state index is 11.4. The molecule has 1 aromatic rings. The van der Waals surface area contributed by atoms with Crippen LogP contribution in [0, 0.1) is 10.1 Å². The van der Waals surface area contributed by atoms with Gasteiger partial charge in [-0.25, -0.2) is 0 Å². The number of rotatable bonds is 4. The van der Waals surface area contributed by atoms with Gasteiger partial charge >= 0.3 is 0 Å². The number of nitro benzene ring substituents is 1. The summed E-state index contributed by atoms with van der Waals surface area (Å²) in [6, 6.07) is 3.25. The molecule has 7 heteroatoms. The molecule has 0 bridgehead atoms. The van der Waals surface area contributed by atoms with Crippen LogP contribution in [0.1, 0.15) is 25.3 Å². The number of aliphatic hydroxyl groups excluding tert-OH is 1. The molecular weight excluding hydrogens is 288 g/mol. The van der Waals surface area contributed by atoms with Crippen molar-refractivity contribution in [1.29, 1.82) is 0 Å². The number of fused-ring (bicyclic) bond motifs is 2. The third-order valence-electron chi connectivity index (χ3n) is 5.03. The molecule has 0 radical (unpaired) electrons. The van der Waals surface area contributed by atoms with Crippen molar-refractivity contribution in [2.45, 2.75) is 43.4 Å². The van der Waals surface area contributed by atoms with Gasteiger partial charge in [0.25, 0.3) is 5.69 Å². The Hall–Kier alpha value is -1.86. The molecule has 1 saturated carbocycles. The van der Waals surface area contributed by atoms with Crippen LogP contribution in [0.4, 0.5) is 11.4 Å². The first-order valence-electron chi connectivity index (χ1n) is 7.46. The Kier molecular flexibility index (Phi) is 2.71. The van der Waals surface area contributed by atoms with E-state index in [0.717, 1.165) is 18.4 Å². The average molecular weight is 306 g/mol. The van der Waals surface area contributed by atoms with E-state index in [1.54, 1.807) is 19.1 Å². The first-order chi connectivity index (χ1) is 10.4. The van der Waals surface area contributed by atoms with Crippen molar-refractivity contribution in [2.75, 3.05) is 18.5 Å². The molecule has 3 unspecified atom stereocenters. The van der Waals surface area contributed by atoms with E-state index in [1.165, 1.54) is 0 Å². The third-order valence-corrected chi connectivity index (χ3v) is 5.03. The van der Waals surface area contributed by atoms with Gasteiger partial charge in [0, 0.05) is 24.1 Å². The van der Waals surface area contributed by atoms with Crippen LogP contribution in [-0.2, 0) is 11.2 Å². The molecule has 2 N–H and O–H groups in total. The van der Waals surface area contributed by atoms with E-state index in [2.05, 4.69) is 5.32 Å². The highest BCUT2D eigenvalue weighted by molar-refractivity contribution is 5.69. The Bertz CT molecular complexity index is 654. The molecule has 0 aromatic heterocycles. The van der Waals surface area contributed by atoms with Crippen LogP contribution in [0.3, 0.4) is 0 Å². The molecule has 3 atom stereocenters. The van der Waals surface area contributed by atoms with Gasteiger partial charge < -0.3 is 19.9 Å². The van der Waals surface area contributed by atoms with Gasteiger partial charge in [-0.05, 0) is 19.8 Å². The largest absolute Gasteiger partial charge is 0.484 e. The predicted octanol–water partition coefficient (Wildman–Crippen LogP) is 1.62. The maximum Gasteiger partial charge on any atom is 0.292 e. The minimum Gasteiger partial charge on any atom is -0.484 e. The SMILES string of the molecule is CC1(CO)Cc2cc([N+](=O)[O-])c(NC34CCC3OC4)cc2O1. The standard InChI is InChI=1S/C15H18N2O5/c1-14(7-18)6-9-4-11(17(19)20)10(5-12(9)22-14)16-15-3-2-13(15)21-8-15/h4-5,13,16,18H,2-3,6-8H2,1H3. The Morgan fingerprint density at radius 2 is 2.36 bits per heavy atom. The highest BCUT2D eigenvalue weighted by atomic mass is 16.6. The fraction of sp³-hybridized carbons (Fsp3) is 0.600. The minimum absolute atomic E-state index is 0.0523. The van der Waals surface area contributed by atoms with Gasteiger partial charge in [-0.1, -0.05) is 0 Å². The summed E-state index contributed by atoms with van der Waals surface area (Å²) in [7, 11) is 0. The molecule has 22 heavy (non-hydrogen) atoms. The summed E-state index contributed by atoms with van der Waals surface area (Å²) in [6.07, 6.45) is 2.58. The van der Waals surface area contributed by atoms with E-state index in [0.29, 0.717) is 24.5 Å². The van der Waals surface area contributed by atoms with Crippen LogP contribution < -0.4 is 10.1 Å². The van der Waals surface area contributed by atoms with Crippen LogP contribution in [0.15, 0.2) is 12.1 Å². The summed E-state index contributed by atoms with van der Waals surface area (Å²) in [6.45, 7) is 2.26. The Labute approximate surface area is 127 Å². The zero-order valence-corrected chi connectivity index (χ0v) is 12.3. The average Bonchev–Trinajstić information content (AvgIpc) is 2.80. The van der Waals surface area contributed by atoms with Gasteiger partial charge in [-0.15, -0.1) is 0 Å². The molecule has 7 nitrogen and oxygen atoms in total. The molecule has 4 rings (SSSR count). The summed E-state index contributed by atoms with van der Waals surface area (Å²) >= 11 is 0. The lowest BCUT2D eigenvalue weighted by Gasteiger charge is -2.58. The van der Waals surface area contributed by atoms with Crippen LogP contribution >= 0.6 is 0 Å². The number of hydrogen-bond acceptors (Lipinski definition) is 6. The fourth-order valence-electron chi connectivity index (χ4n) is 3.50. The fourth-order valence-corrected chi connectivity index (χ4v) is 3.50. The van der Waals surface area contributed by atoms with E-state index < -0.39 is 5.60 Å². The van der Waals surface area contributed by atoms with Crippen molar-refractivity contribution < 1.29 is 19.5 Å². The van der Waals surface area contributed by atoms with Crippen molar-refractivity contribution >= 4 is 11.4 Å². The summed E-state index contributed by atoms with van der Waals surface area (Å²) in [5.74, 6) is 0.608. The minimum atomic E-state index is -0.703. The number of benzene rings is 1. The zero-order valence-electron chi connectivity index (χ0n) is 12.3. The lowest BCUT2D eigenvalue weighted by molar-refractivity contribution is -0.384. The van der Waals surface area contributed by atoms with Gasteiger partial charge in [0.1, 0.15) is 17.0 Å². The normalized spacial score (nSPS) is 34.7. The second-order valence-electron chi connectivity index (χ2n) is 6.74. The van der Waals surface area contributed by atoms with Gasteiger partial charge in [0.2, 0.25) is 0 Å². The van der Waals surface area contributed by atoms with Crippen molar-refractivity contribution in [3.05, 3.63) is 27.8 Å². The van der Waals surface area contributed by atoms with Crippen LogP contribution in [0.25, 0.3) is 0 Å². The van der Waals surface area contributed by atoms with Crippen molar-refractivity contribution in [3.63, 3.8) is 0 Å². The number of nitro groups is 1. The molecule has 0 spiro atoms. The summed E-state index contributed by atoms with van der Waals surface area (Å²) < 4.78 is 11.2. The lowest BCUT2D eigenvalue weighted by Crippen LogP contribution is -2.70. The van der Waals surface area contributed by atoms with Crippen LogP contribution in [-0.4, -0.2) is 40.5 Å². The Morgan fingerprint density at radius 1 is 1.55 bits per heavy atom. The molecule has 3 aliphatic rings. The monoisotopic (exact) mass is 306 g/mol. The first-order valence-corrected chi connectivity index (χ1v) is 7.46. The molecule has 2 heterocycles. The lowest BCUT2D eigenvalue weighted by atomic mass is 9.70. The molecule has 1 aliphatic carbocycles. The topological polar surface area (TPSA) is 93.9 Å². The second kappa shape index (κ2) is 4.33. The number of hydrogen-bond donors (Lipinski definition) is 2. The zero-order chi connectivity index (χ0) is 15.5. The Morgan fingerprint density at radius 3 is 2.86 bits per heavy atom. The van der Waals surface area contributed by atoms with Crippen LogP contribution in [0.5, 0.6) is 5.75 Å². The Balaban J connectivity index is 1.69.